The van der Waals surface area contributed by atoms with E-state index < -0.39 is 0 Å². The molecule has 0 radical (unpaired) electrons. The monoisotopic (exact) mass is 477 g/mol. The number of aryl methyl sites for hydroxylation is 1. The van der Waals surface area contributed by atoms with Crippen molar-refractivity contribution < 1.29 is 4.39 Å². The summed E-state index contributed by atoms with van der Waals surface area (Å²) >= 11 is 3.17. The summed E-state index contributed by atoms with van der Waals surface area (Å²) in [6, 6.07) is 12.9. The first-order valence-corrected chi connectivity index (χ1v) is 7.41. The van der Waals surface area contributed by atoms with Crippen LogP contribution in [0.15, 0.2) is 51.9 Å². The summed E-state index contributed by atoms with van der Waals surface area (Å²) in [6.45, 7) is 2.57. The van der Waals surface area contributed by atoms with Crippen molar-refractivity contribution in [3.8, 4) is 0 Å². The molecule has 2 rings (SSSR count). The quantitative estimate of drug-likeness (QED) is 0.387. The van der Waals surface area contributed by atoms with Crippen LogP contribution in [0, 0.1) is 12.7 Å². The second-order valence-corrected chi connectivity index (χ2v) is 5.61. The predicted octanol–water partition coefficient (Wildman–Crippen LogP) is 4.48. The van der Waals surface area contributed by atoms with Gasteiger partial charge >= 0.3 is 0 Å². The fourth-order valence-electron chi connectivity index (χ4n) is 1.82. The first kappa shape index (κ1) is 18.9. The summed E-state index contributed by atoms with van der Waals surface area (Å²) in [5, 5.41) is 3.03. The van der Waals surface area contributed by atoms with E-state index in [-0.39, 0.29) is 29.8 Å². The zero-order valence-electron chi connectivity index (χ0n) is 12.1. The Labute approximate surface area is 155 Å². The number of benzene rings is 2. The van der Waals surface area contributed by atoms with Crippen LogP contribution in [0.3, 0.4) is 0 Å². The molecule has 0 heterocycles. The number of guanidine groups is 1. The van der Waals surface area contributed by atoms with Crippen molar-refractivity contribution in [3.63, 3.8) is 0 Å². The van der Waals surface area contributed by atoms with Crippen LogP contribution in [0.1, 0.15) is 11.1 Å². The van der Waals surface area contributed by atoms with Crippen molar-refractivity contribution in [1.82, 2.24) is 0 Å². The highest BCUT2D eigenvalue weighted by Gasteiger charge is 2.00. The van der Waals surface area contributed by atoms with Crippen LogP contribution in [0.2, 0.25) is 0 Å². The lowest BCUT2D eigenvalue weighted by Gasteiger charge is -2.06. The molecule has 0 aliphatic carbocycles. The number of hydrogen-bond acceptors (Lipinski definition) is 1. The van der Waals surface area contributed by atoms with E-state index in [1.165, 1.54) is 11.6 Å². The first-order valence-electron chi connectivity index (χ1n) is 6.62. The lowest BCUT2D eigenvalue weighted by molar-refractivity contribution is 0.620. The van der Waals surface area contributed by atoms with E-state index >= 15 is 0 Å². The standard InChI is InChI=1S/C16H17BrFN3.HI/c1-11-2-5-13(6-3-11)21-16(19)20-9-8-12-4-7-15(18)14(17)10-12;/h2-7,10H,8-9H2,1H3,(H3,19,20,21);1H. The largest absolute Gasteiger partial charge is 0.370 e. The highest BCUT2D eigenvalue weighted by molar-refractivity contribution is 14.0. The van der Waals surface area contributed by atoms with Gasteiger partial charge < -0.3 is 11.1 Å². The van der Waals surface area contributed by atoms with Gasteiger partial charge in [0.2, 0.25) is 0 Å². The molecule has 22 heavy (non-hydrogen) atoms. The third kappa shape index (κ3) is 5.92. The Morgan fingerprint density at radius 2 is 1.91 bits per heavy atom. The molecule has 0 aromatic heterocycles. The number of nitrogens with one attached hydrogen (secondary N) is 1. The normalized spacial score (nSPS) is 11.0. The number of hydrogen-bond donors (Lipinski definition) is 2. The van der Waals surface area contributed by atoms with E-state index in [1.807, 2.05) is 31.2 Å². The topological polar surface area (TPSA) is 50.4 Å². The maximum Gasteiger partial charge on any atom is 0.193 e. The van der Waals surface area contributed by atoms with Gasteiger partial charge in [0.05, 0.1) is 4.47 Å². The molecule has 0 bridgehead atoms. The van der Waals surface area contributed by atoms with E-state index in [0.717, 1.165) is 11.3 Å². The van der Waals surface area contributed by atoms with E-state index in [0.29, 0.717) is 23.4 Å². The molecule has 2 aromatic carbocycles. The molecule has 0 saturated heterocycles. The molecule has 0 spiro atoms. The number of nitrogens with zero attached hydrogens (tertiary/aromatic N) is 1. The van der Waals surface area contributed by atoms with Gasteiger partial charge in [0.15, 0.2) is 5.96 Å². The fourth-order valence-corrected chi connectivity index (χ4v) is 2.25. The van der Waals surface area contributed by atoms with E-state index in [1.54, 1.807) is 12.1 Å². The van der Waals surface area contributed by atoms with Crippen molar-refractivity contribution in [1.29, 1.82) is 0 Å². The Bertz CT molecular complexity index is 644. The minimum Gasteiger partial charge on any atom is -0.370 e. The maximum atomic E-state index is 13.1. The van der Waals surface area contributed by atoms with Gasteiger partial charge in [-0.05, 0) is 59.1 Å². The minimum atomic E-state index is -0.261. The molecular formula is C16H18BrFIN3. The van der Waals surface area contributed by atoms with Crippen LogP contribution in [-0.4, -0.2) is 12.5 Å². The van der Waals surface area contributed by atoms with Crippen molar-refractivity contribution >= 4 is 51.6 Å². The van der Waals surface area contributed by atoms with Crippen molar-refractivity contribution in [2.75, 3.05) is 11.9 Å². The summed E-state index contributed by atoms with van der Waals surface area (Å²) in [6.07, 6.45) is 0.704. The lowest BCUT2D eigenvalue weighted by Crippen LogP contribution is -2.23. The molecule has 0 aliphatic heterocycles. The first-order chi connectivity index (χ1) is 10.0. The smallest absolute Gasteiger partial charge is 0.193 e. The summed E-state index contributed by atoms with van der Waals surface area (Å²) < 4.78 is 13.6. The van der Waals surface area contributed by atoms with E-state index in [2.05, 4.69) is 26.2 Å². The second kappa shape index (κ2) is 9.09. The second-order valence-electron chi connectivity index (χ2n) is 4.76. The van der Waals surface area contributed by atoms with Crippen molar-refractivity contribution in [3.05, 3.63) is 63.9 Å². The maximum absolute atomic E-state index is 13.1. The Hall–Kier alpha value is -1.15. The van der Waals surface area contributed by atoms with Gasteiger partial charge in [-0.2, -0.15) is 0 Å². The summed E-state index contributed by atoms with van der Waals surface area (Å²) in [7, 11) is 0. The highest BCUT2D eigenvalue weighted by Crippen LogP contribution is 2.17. The number of nitrogens with two attached hydrogens (primary N) is 1. The van der Waals surface area contributed by atoms with E-state index in [4.69, 9.17) is 5.73 Å². The summed E-state index contributed by atoms with van der Waals surface area (Å²) in [5.41, 5.74) is 8.94. The van der Waals surface area contributed by atoms with Crippen LogP contribution in [0.4, 0.5) is 10.1 Å². The number of anilines is 1. The molecule has 3 N–H and O–H groups in total. The molecule has 0 saturated carbocycles. The van der Waals surface area contributed by atoms with Gasteiger partial charge in [-0.1, -0.05) is 23.8 Å². The van der Waals surface area contributed by atoms with E-state index in [9.17, 15) is 4.39 Å². The molecule has 0 atom stereocenters. The van der Waals surface area contributed by atoms with Crippen LogP contribution < -0.4 is 11.1 Å². The van der Waals surface area contributed by atoms with Gasteiger partial charge in [-0.15, -0.1) is 24.0 Å². The van der Waals surface area contributed by atoms with Gasteiger partial charge in [0.25, 0.3) is 0 Å². The summed E-state index contributed by atoms with van der Waals surface area (Å²) in [5.74, 6) is 0.114. The van der Waals surface area contributed by atoms with Crippen LogP contribution in [0.5, 0.6) is 0 Å². The molecule has 2 aromatic rings. The SMILES string of the molecule is Cc1ccc(NC(N)=NCCc2ccc(F)c(Br)c2)cc1.I. The molecule has 0 aliphatic rings. The van der Waals surface area contributed by atoms with Gasteiger partial charge in [0.1, 0.15) is 5.82 Å². The lowest BCUT2D eigenvalue weighted by atomic mass is 10.1. The van der Waals surface area contributed by atoms with Gasteiger partial charge in [-0.25, -0.2) is 4.39 Å². The Balaban J connectivity index is 0.00000242. The molecule has 0 unspecified atom stereocenters. The Morgan fingerprint density at radius 3 is 2.55 bits per heavy atom. The molecule has 0 fully saturated rings. The van der Waals surface area contributed by atoms with Gasteiger partial charge in [0, 0.05) is 12.2 Å². The molecular weight excluding hydrogens is 460 g/mol. The predicted molar refractivity (Wildman–Crippen MR) is 105 cm³/mol. The van der Waals surface area contributed by atoms with Crippen LogP contribution in [-0.2, 0) is 6.42 Å². The van der Waals surface area contributed by atoms with Crippen molar-refractivity contribution in [2.45, 2.75) is 13.3 Å². The Kier molecular flexibility index (Phi) is 7.81. The zero-order chi connectivity index (χ0) is 15.2. The fraction of sp³-hybridized carbons (Fsp3) is 0.188. The highest BCUT2D eigenvalue weighted by atomic mass is 127. The number of aliphatic imine (C=N–C) groups is 1. The third-order valence-electron chi connectivity index (χ3n) is 2.99. The van der Waals surface area contributed by atoms with Gasteiger partial charge in [-0.3, -0.25) is 4.99 Å². The van der Waals surface area contributed by atoms with Crippen molar-refractivity contribution in [2.24, 2.45) is 10.7 Å². The molecule has 3 nitrogen and oxygen atoms in total. The minimum absolute atomic E-state index is 0. The molecule has 118 valence electrons. The van der Waals surface area contributed by atoms with Crippen LogP contribution in [0.25, 0.3) is 0 Å². The molecule has 0 amide bonds. The average Bonchev–Trinajstić information content (AvgIpc) is 2.45. The van der Waals surface area contributed by atoms with Crippen LogP contribution >= 0.6 is 39.9 Å². The number of halogens is 3. The molecule has 6 heteroatoms. The Morgan fingerprint density at radius 1 is 1.23 bits per heavy atom. The average molecular weight is 478 g/mol. The number of rotatable bonds is 4. The summed E-state index contributed by atoms with van der Waals surface area (Å²) in [4.78, 5) is 4.26. The zero-order valence-corrected chi connectivity index (χ0v) is 16.1. The third-order valence-corrected chi connectivity index (χ3v) is 3.60.